The number of sulfonamides is 1. The summed E-state index contributed by atoms with van der Waals surface area (Å²) >= 11 is 0. The summed E-state index contributed by atoms with van der Waals surface area (Å²) in [4.78, 5) is 17.9. The van der Waals surface area contributed by atoms with Crippen molar-refractivity contribution in [1.29, 1.82) is 0 Å². The van der Waals surface area contributed by atoms with E-state index in [1.54, 1.807) is 43.6 Å². The van der Waals surface area contributed by atoms with Gasteiger partial charge in [-0.25, -0.2) is 17.8 Å². The number of halogens is 1. The summed E-state index contributed by atoms with van der Waals surface area (Å²) in [5, 5.41) is 3.05. The molecule has 0 bridgehead atoms. The SMILES string of the molecule is Cc1ccc(S(=O)(=O)N2CCC(C(=O)NC(c3ccc(F)cc3)c3nccn3C)CC2)c(C)c1. The molecule has 7 nitrogen and oxygen atoms in total. The van der Waals surface area contributed by atoms with Crippen molar-refractivity contribution >= 4 is 15.9 Å². The lowest BCUT2D eigenvalue weighted by Gasteiger charge is -2.32. The Bertz CT molecular complexity index is 1280. The molecule has 9 heteroatoms. The van der Waals surface area contributed by atoms with Crippen LogP contribution in [0.3, 0.4) is 0 Å². The zero-order valence-corrected chi connectivity index (χ0v) is 20.3. The van der Waals surface area contributed by atoms with Gasteiger partial charge in [-0.3, -0.25) is 4.79 Å². The fourth-order valence-electron chi connectivity index (χ4n) is 4.45. The van der Waals surface area contributed by atoms with E-state index in [1.807, 2.05) is 24.6 Å². The van der Waals surface area contributed by atoms with Crippen molar-refractivity contribution in [3.05, 3.63) is 83.2 Å². The van der Waals surface area contributed by atoms with Gasteiger partial charge >= 0.3 is 0 Å². The summed E-state index contributed by atoms with van der Waals surface area (Å²) in [6, 6.07) is 10.8. The first-order chi connectivity index (χ1) is 16.2. The van der Waals surface area contributed by atoms with Crippen LogP contribution in [0.4, 0.5) is 4.39 Å². The molecule has 0 radical (unpaired) electrons. The van der Waals surface area contributed by atoms with E-state index in [4.69, 9.17) is 0 Å². The van der Waals surface area contributed by atoms with Gasteiger partial charge in [-0.05, 0) is 56.0 Å². The number of aryl methyl sites for hydroxylation is 3. The third-order valence-corrected chi connectivity index (χ3v) is 8.44. The predicted molar refractivity (Wildman–Crippen MR) is 127 cm³/mol. The topological polar surface area (TPSA) is 84.3 Å². The zero-order valence-electron chi connectivity index (χ0n) is 19.5. The largest absolute Gasteiger partial charge is 0.342 e. The van der Waals surface area contributed by atoms with Gasteiger partial charge in [0.1, 0.15) is 17.7 Å². The number of carbonyl (C=O) groups is 1. The van der Waals surface area contributed by atoms with Gasteiger partial charge in [-0.15, -0.1) is 0 Å². The minimum atomic E-state index is -3.62. The molecule has 2 aromatic carbocycles. The van der Waals surface area contributed by atoms with Crippen molar-refractivity contribution in [3.8, 4) is 0 Å². The Morgan fingerprint density at radius 1 is 1.12 bits per heavy atom. The summed E-state index contributed by atoms with van der Waals surface area (Å²) in [5.41, 5.74) is 2.45. The third-order valence-electron chi connectivity index (χ3n) is 6.38. The molecular weight excluding hydrogens is 455 g/mol. The van der Waals surface area contributed by atoms with Crippen molar-refractivity contribution in [1.82, 2.24) is 19.2 Å². The second-order valence-corrected chi connectivity index (χ2v) is 10.7. The van der Waals surface area contributed by atoms with Crippen molar-refractivity contribution < 1.29 is 17.6 Å². The molecule has 1 fully saturated rings. The average molecular weight is 485 g/mol. The first-order valence-electron chi connectivity index (χ1n) is 11.3. The van der Waals surface area contributed by atoms with Gasteiger partial charge in [0.2, 0.25) is 15.9 Å². The molecule has 1 unspecified atom stereocenters. The van der Waals surface area contributed by atoms with Gasteiger partial charge in [0, 0.05) is 38.4 Å². The average Bonchev–Trinajstić information content (AvgIpc) is 3.23. The van der Waals surface area contributed by atoms with Gasteiger partial charge in [0.25, 0.3) is 0 Å². The highest BCUT2D eigenvalue weighted by Gasteiger charge is 2.34. The van der Waals surface area contributed by atoms with Crippen LogP contribution in [0.2, 0.25) is 0 Å². The molecule has 0 spiro atoms. The number of nitrogens with zero attached hydrogens (tertiary/aromatic N) is 3. The molecular formula is C25H29FN4O3S. The molecule has 4 rings (SSSR count). The molecule has 1 saturated heterocycles. The number of aromatic nitrogens is 2. The second-order valence-electron chi connectivity index (χ2n) is 8.84. The molecule has 1 amide bonds. The van der Waals surface area contributed by atoms with E-state index in [0.717, 1.165) is 16.7 Å². The van der Waals surface area contributed by atoms with Crippen LogP contribution in [0.1, 0.15) is 41.4 Å². The monoisotopic (exact) mass is 484 g/mol. The van der Waals surface area contributed by atoms with Crippen molar-refractivity contribution in [2.45, 2.75) is 37.6 Å². The Hall–Kier alpha value is -3.04. The Morgan fingerprint density at radius 3 is 2.38 bits per heavy atom. The lowest BCUT2D eigenvalue weighted by molar-refractivity contribution is -0.126. The van der Waals surface area contributed by atoms with E-state index in [9.17, 15) is 17.6 Å². The Kier molecular flexibility index (Phi) is 6.86. The molecule has 1 atom stereocenters. The van der Waals surface area contributed by atoms with E-state index >= 15 is 0 Å². The summed E-state index contributed by atoms with van der Waals surface area (Å²) in [7, 11) is -1.78. The fraction of sp³-hybridized carbons (Fsp3) is 0.360. The molecule has 1 aromatic heterocycles. The lowest BCUT2D eigenvalue weighted by atomic mass is 9.96. The van der Waals surface area contributed by atoms with Gasteiger partial charge in [0.05, 0.1) is 4.90 Å². The van der Waals surface area contributed by atoms with Crippen LogP contribution in [0, 0.1) is 25.6 Å². The molecule has 0 aliphatic carbocycles. The molecule has 180 valence electrons. The predicted octanol–water partition coefficient (Wildman–Crippen LogP) is 3.48. The molecule has 1 aliphatic rings. The first-order valence-corrected chi connectivity index (χ1v) is 12.7. The number of benzene rings is 2. The van der Waals surface area contributed by atoms with Gasteiger partial charge < -0.3 is 9.88 Å². The molecule has 0 saturated carbocycles. The number of nitrogens with one attached hydrogen (secondary N) is 1. The van der Waals surface area contributed by atoms with E-state index < -0.39 is 16.1 Å². The number of piperidine rings is 1. The highest BCUT2D eigenvalue weighted by molar-refractivity contribution is 7.89. The van der Waals surface area contributed by atoms with E-state index in [0.29, 0.717) is 23.6 Å². The summed E-state index contributed by atoms with van der Waals surface area (Å²) < 4.78 is 43.1. The molecule has 2 heterocycles. The second kappa shape index (κ2) is 9.68. The van der Waals surface area contributed by atoms with Crippen LogP contribution in [-0.4, -0.2) is 41.3 Å². The molecule has 1 N–H and O–H groups in total. The highest BCUT2D eigenvalue weighted by Crippen LogP contribution is 2.28. The maximum atomic E-state index is 13.5. The van der Waals surface area contributed by atoms with Crippen LogP contribution < -0.4 is 5.32 Å². The maximum Gasteiger partial charge on any atom is 0.243 e. The molecule has 1 aliphatic heterocycles. The van der Waals surface area contributed by atoms with Crippen LogP contribution >= 0.6 is 0 Å². The van der Waals surface area contributed by atoms with E-state index in [2.05, 4.69) is 10.3 Å². The smallest absolute Gasteiger partial charge is 0.243 e. The minimum absolute atomic E-state index is 0.166. The highest BCUT2D eigenvalue weighted by atomic mass is 32.2. The summed E-state index contributed by atoms with van der Waals surface area (Å²) in [5.74, 6) is -0.212. The minimum Gasteiger partial charge on any atom is -0.342 e. The number of rotatable bonds is 6. The Balaban J connectivity index is 1.47. The first kappa shape index (κ1) is 24.1. The lowest BCUT2D eigenvalue weighted by Crippen LogP contribution is -2.44. The Labute approximate surface area is 199 Å². The van der Waals surface area contributed by atoms with Gasteiger partial charge in [0.15, 0.2) is 0 Å². The van der Waals surface area contributed by atoms with Crippen molar-refractivity contribution in [2.75, 3.05) is 13.1 Å². The number of imidazole rings is 1. The van der Waals surface area contributed by atoms with Crippen LogP contribution in [-0.2, 0) is 21.9 Å². The number of hydrogen-bond acceptors (Lipinski definition) is 4. The molecule has 3 aromatic rings. The number of carbonyl (C=O) groups excluding carboxylic acids is 1. The van der Waals surface area contributed by atoms with Crippen LogP contribution in [0.5, 0.6) is 0 Å². The molecule has 34 heavy (non-hydrogen) atoms. The van der Waals surface area contributed by atoms with Gasteiger partial charge in [-0.1, -0.05) is 29.8 Å². The van der Waals surface area contributed by atoms with Crippen molar-refractivity contribution in [3.63, 3.8) is 0 Å². The zero-order chi connectivity index (χ0) is 24.5. The third kappa shape index (κ3) is 4.90. The number of amides is 1. The Morgan fingerprint density at radius 2 is 1.79 bits per heavy atom. The summed E-state index contributed by atoms with van der Waals surface area (Å²) in [6.07, 6.45) is 4.28. The van der Waals surface area contributed by atoms with Crippen LogP contribution in [0.25, 0.3) is 0 Å². The van der Waals surface area contributed by atoms with E-state index in [-0.39, 0.29) is 30.7 Å². The van der Waals surface area contributed by atoms with Gasteiger partial charge in [-0.2, -0.15) is 4.31 Å². The standard InChI is InChI=1S/C25H29FN4O3S/c1-17-4-9-22(18(2)16-17)34(32,33)30-13-10-20(11-14-30)25(31)28-23(24-27-12-15-29(24)3)19-5-7-21(26)8-6-19/h4-9,12,15-16,20,23H,10-11,13-14H2,1-3H3,(H,28,31). The fourth-order valence-corrected chi connectivity index (χ4v) is 6.13. The van der Waals surface area contributed by atoms with Crippen molar-refractivity contribution in [2.24, 2.45) is 13.0 Å². The maximum absolute atomic E-state index is 13.5. The quantitative estimate of drug-likeness (QED) is 0.581. The van der Waals surface area contributed by atoms with Crippen LogP contribution in [0.15, 0.2) is 59.8 Å². The van der Waals surface area contributed by atoms with E-state index in [1.165, 1.54) is 16.4 Å². The number of hydrogen-bond donors (Lipinski definition) is 1. The summed E-state index contributed by atoms with van der Waals surface area (Å²) in [6.45, 7) is 4.28. The normalized spacial score (nSPS) is 16.4.